The van der Waals surface area contributed by atoms with Crippen LogP contribution in [-0.4, -0.2) is 60.3 Å². The molecule has 1 unspecified atom stereocenters. The number of halogens is 3. The Morgan fingerprint density at radius 2 is 1.81 bits per heavy atom. The molecule has 43 heavy (non-hydrogen) atoms. The molecule has 3 aromatic rings. The van der Waals surface area contributed by atoms with Crippen LogP contribution in [0.15, 0.2) is 54.7 Å². The summed E-state index contributed by atoms with van der Waals surface area (Å²) in [6.07, 6.45) is -0.520. The van der Waals surface area contributed by atoms with Gasteiger partial charge in [-0.2, -0.15) is 13.2 Å². The van der Waals surface area contributed by atoms with E-state index in [1.54, 1.807) is 12.1 Å². The summed E-state index contributed by atoms with van der Waals surface area (Å²) in [5.41, 5.74) is 1.12. The molecule has 1 aliphatic carbocycles. The molecule has 1 saturated heterocycles. The standard InChI is InChI=1S/C31H33F3N4O5/c1-37(30(40)41)28-19-26(8-9-35-28)43-25-7-6-20-4-5-21(14-22(20)15-25)29(39)36-24-16-23(31(32,33)34)17-27(18-24)42-13-12-38-10-2-3-11-38/h6-9,15-19,21H,2-5,10-14H2,1H3,(H,36,39)(H,40,41). The van der Waals surface area contributed by atoms with Gasteiger partial charge in [0, 0.05) is 43.5 Å². The molecule has 1 aliphatic heterocycles. The van der Waals surface area contributed by atoms with Crippen molar-refractivity contribution < 1.29 is 37.3 Å². The van der Waals surface area contributed by atoms with Crippen molar-refractivity contribution in [2.45, 2.75) is 38.3 Å². The van der Waals surface area contributed by atoms with Gasteiger partial charge in [-0.25, -0.2) is 9.78 Å². The number of fused-ring (bicyclic) bond motifs is 1. The highest BCUT2D eigenvalue weighted by atomic mass is 19.4. The van der Waals surface area contributed by atoms with Crippen LogP contribution >= 0.6 is 0 Å². The normalized spacial score (nSPS) is 16.8. The van der Waals surface area contributed by atoms with Crippen molar-refractivity contribution in [3.63, 3.8) is 0 Å². The Hall–Kier alpha value is -4.32. The van der Waals surface area contributed by atoms with Crippen molar-refractivity contribution in [2.24, 2.45) is 5.92 Å². The number of ether oxygens (including phenoxy) is 2. The Morgan fingerprint density at radius 3 is 2.56 bits per heavy atom. The van der Waals surface area contributed by atoms with E-state index in [0.717, 1.165) is 54.1 Å². The van der Waals surface area contributed by atoms with Crippen LogP contribution in [0.25, 0.3) is 0 Å². The molecule has 0 spiro atoms. The first-order valence-electron chi connectivity index (χ1n) is 14.2. The minimum atomic E-state index is -4.59. The van der Waals surface area contributed by atoms with E-state index in [0.29, 0.717) is 37.3 Å². The number of nitrogens with one attached hydrogen (secondary N) is 1. The van der Waals surface area contributed by atoms with E-state index < -0.39 is 23.8 Å². The maximum atomic E-state index is 13.6. The van der Waals surface area contributed by atoms with E-state index in [9.17, 15) is 27.9 Å². The molecule has 2 amide bonds. The summed E-state index contributed by atoms with van der Waals surface area (Å²) >= 11 is 0. The molecule has 12 heteroatoms. The Morgan fingerprint density at radius 1 is 1.05 bits per heavy atom. The maximum Gasteiger partial charge on any atom is 0.416 e. The quantitative estimate of drug-likeness (QED) is 0.301. The predicted molar refractivity (Wildman–Crippen MR) is 154 cm³/mol. The van der Waals surface area contributed by atoms with E-state index in [-0.39, 0.29) is 29.8 Å². The number of benzene rings is 2. The Labute approximate surface area is 247 Å². The summed E-state index contributed by atoms with van der Waals surface area (Å²) in [4.78, 5) is 31.7. The number of amides is 2. The van der Waals surface area contributed by atoms with Gasteiger partial charge >= 0.3 is 12.3 Å². The number of carbonyl (C=O) groups is 2. The number of carboxylic acid groups (broad SMARTS) is 1. The summed E-state index contributed by atoms with van der Waals surface area (Å²) in [5.74, 6) is 0.349. The second-order valence-corrected chi connectivity index (χ2v) is 10.8. The first kappa shape index (κ1) is 30.1. The molecular weight excluding hydrogens is 565 g/mol. The number of likely N-dealkylation sites (tertiary alicyclic amines) is 1. The van der Waals surface area contributed by atoms with Crippen LogP contribution in [0.1, 0.15) is 36.0 Å². The Bertz CT molecular complexity index is 1480. The van der Waals surface area contributed by atoms with Crippen LogP contribution in [0.4, 0.5) is 29.5 Å². The molecule has 2 N–H and O–H groups in total. The highest BCUT2D eigenvalue weighted by Gasteiger charge is 2.32. The third-order valence-corrected chi connectivity index (χ3v) is 7.74. The molecule has 2 heterocycles. The van der Waals surface area contributed by atoms with Gasteiger partial charge in [0.1, 0.15) is 29.7 Å². The van der Waals surface area contributed by atoms with Gasteiger partial charge in [-0.3, -0.25) is 14.6 Å². The largest absolute Gasteiger partial charge is 0.492 e. The van der Waals surface area contributed by atoms with Crippen molar-refractivity contribution in [2.75, 3.05) is 43.5 Å². The number of carbonyl (C=O) groups excluding carboxylic acids is 1. The number of aryl methyl sites for hydroxylation is 1. The molecule has 5 rings (SSSR count). The zero-order valence-corrected chi connectivity index (χ0v) is 23.7. The highest BCUT2D eigenvalue weighted by molar-refractivity contribution is 5.93. The number of nitrogens with zero attached hydrogens (tertiary/aromatic N) is 3. The molecule has 2 aliphatic rings. The van der Waals surface area contributed by atoms with Gasteiger partial charge in [-0.1, -0.05) is 6.07 Å². The van der Waals surface area contributed by atoms with Crippen molar-refractivity contribution in [3.8, 4) is 17.2 Å². The van der Waals surface area contributed by atoms with Crippen molar-refractivity contribution in [1.29, 1.82) is 0 Å². The lowest BCUT2D eigenvalue weighted by Gasteiger charge is -2.25. The van der Waals surface area contributed by atoms with Crippen LogP contribution in [0.5, 0.6) is 17.2 Å². The fourth-order valence-corrected chi connectivity index (χ4v) is 5.36. The molecule has 0 bridgehead atoms. The van der Waals surface area contributed by atoms with E-state index in [4.69, 9.17) is 9.47 Å². The third kappa shape index (κ3) is 7.75. The molecule has 1 atom stereocenters. The number of hydrogen-bond acceptors (Lipinski definition) is 6. The van der Waals surface area contributed by atoms with E-state index in [1.165, 1.54) is 25.4 Å². The lowest BCUT2D eigenvalue weighted by atomic mass is 9.83. The second-order valence-electron chi connectivity index (χ2n) is 10.8. The second kappa shape index (κ2) is 12.9. The smallest absolute Gasteiger partial charge is 0.416 e. The molecule has 0 radical (unpaired) electrons. The van der Waals surface area contributed by atoms with E-state index in [2.05, 4.69) is 15.2 Å². The van der Waals surface area contributed by atoms with Crippen LogP contribution in [0.2, 0.25) is 0 Å². The van der Waals surface area contributed by atoms with Gasteiger partial charge in [-0.15, -0.1) is 0 Å². The van der Waals surface area contributed by atoms with Gasteiger partial charge in [0.05, 0.1) is 5.56 Å². The van der Waals surface area contributed by atoms with Gasteiger partial charge in [0.2, 0.25) is 5.91 Å². The first-order chi connectivity index (χ1) is 20.5. The van der Waals surface area contributed by atoms with Crippen LogP contribution in [0.3, 0.4) is 0 Å². The average Bonchev–Trinajstić information content (AvgIpc) is 3.49. The Balaban J connectivity index is 1.25. The number of rotatable bonds is 9. The van der Waals surface area contributed by atoms with Crippen molar-refractivity contribution in [3.05, 3.63) is 71.4 Å². The van der Waals surface area contributed by atoms with Crippen LogP contribution < -0.4 is 19.7 Å². The minimum absolute atomic E-state index is 0.0405. The first-order valence-corrected chi connectivity index (χ1v) is 14.2. The highest BCUT2D eigenvalue weighted by Crippen LogP contribution is 2.36. The van der Waals surface area contributed by atoms with E-state index in [1.807, 2.05) is 12.1 Å². The molecule has 0 saturated carbocycles. The topological polar surface area (TPSA) is 104 Å². The number of hydrogen-bond donors (Lipinski definition) is 2. The fourth-order valence-electron chi connectivity index (χ4n) is 5.36. The fraction of sp³-hybridized carbons (Fsp3) is 0.387. The molecule has 1 aromatic heterocycles. The summed E-state index contributed by atoms with van der Waals surface area (Å²) in [7, 11) is 1.38. The van der Waals surface area contributed by atoms with Gasteiger partial charge < -0.3 is 19.9 Å². The average molecular weight is 599 g/mol. The zero-order valence-electron chi connectivity index (χ0n) is 23.7. The monoisotopic (exact) mass is 598 g/mol. The number of alkyl halides is 3. The SMILES string of the molecule is CN(C(=O)O)c1cc(Oc2ccc3c(c2)CC(C(=O)Nc2cc(OCCN4CCCC4)cc(C(F)(F)F)c2)CC3)ccn1. The molecule has 1 fully saturated rings. The molecular formula is C31H33F3N4O5. The molecule has 2 aromatic carbocycles. The molecule has 9 nitrogen and oxygen atoms in total. The lowest BCUT2D eigenvalue weighted by Crippen LogP contribution is -2.28. The van der Waals surface area contributed by atoms with Crippen molar-refractivity contribution >= 4 is 23.5 Å². The summed E-state index contributed by atoms with van der Waals surface area (Å²) in [5, 5.41) is 11.9. The minimum Gasteiger partial charge on any atom is -0.492 e. The van der Waals surface area contributed by atoms with Gasteiger partial charge in [0.25, 0.3) is 0 Å². The lowest BCUT2D eigenvalue weighted by molar-refractivity contribution is -0.137. The zero-order chi connectivity index (χ0) is 30.6. The number of anilines is 2. The summed E-state index contributed by atoms with van der Waals surface area (Å²) in [6, 6.07) is 12.0. The predicted octanol–water partition coefficient (Wildman–Crippen LogP) is 6.23. The summed E-state index contributed by atoms with van der Waals surface area (Å²) in [6.45, 7) is 2.81. The van der Waals surface area contributed by atoms with Crippen LogP contribution in [-0.2, 0) is 23.8 Å². The van der Waals surface area contributed by atoms with E-state index >= 15 is 0 Å². The van der Waals surface area contributed by atoms with Crippen molar-refractivity contribution in [1.82, 2.24) is 9.88 Å². The number of pyridine rings is 1. The van der Waals surface area contributed by atoms with Crippen LogP contribution in [0, 0.1) is 5.92 Å². The number of aromatic nitrogens is 1. The van der Waals surface area contributed by atoms with Gasteiger partial charge in [0.15, 0.2) is 0 Å². The Kier molecular flexibility index (Phi) is 9.05. The molecule has 228 valence electrons. The third-order valence-electron chi connectivity index (χ3n) is 7.74. The maximum absolute atomic E-state index is 13.6. The summed E-state index contributed by atoms with van der Waals surface area (Å²) < 4.78 is 52.5. The van der Waals surface area contributed by atoms with Gasteiger partial charge in [-0.05, 0) is 86.7 Å².